The molecule has 0 unspecified atom stereocenters. The standard InChI is InChI=1S/C29H37ClN6O6S/c1-4-40-29(39)41-21-9-13-35(14-10-21)28(38)23-16-22(27(37)31-19-7-11-34(12-8-19)18(2)3)32-36(23)17-20-15-24(42-33-20)25-5-6-26(30)43-25/h5-6,15-16,18-19,21H,4,7-14,17H2,1-3H3,(H,31,37). The highest BCUT2D eigenvalue weighted by atomic mass is 35.5. The Hall–Kier alpha value is -3.42. The van der Waals surface area contributed by atoms with Gasteiger partial charge in [-0.25, -0.2) is 4.79 Å². The van der Waals surface area contributed by atoms with Gasteiger partial charge in [0.2, 0.25) is 0 Å². The van der Waals surface area contributed by atoms with Gasteiger partial charge in [-0.05, 0) is 45.7 Å². The lowest BCUT2D eigenvalue weighted by molar-refractivity contribution is 0.00323. The van der Waals surface area contributed by atoms with Crippen LogP contribution in [0.1, 0.15) is 73.1 Å². The second-order valence-corrected chi connectivity index (χ2v) is 12.7. The maximum absolute atomic E-state index is 13.7. The van der Waals surface area contributed by atoms with Crippen molar-refractivity contribution >= 4 is 40.9 Å². The highest BCUT2D eigenvalue weighted by molar-refractivity contribution is 7.19. The van der Waals surface area contributed by atoms with E-state index in [-0.39, 0.29) is 48.5 Å². The molecule has 14 heteroatoms. The number of nitrogens with zero attached hydrogens (tertiary/aromatic N) is 5. The molecule has 2 saturated heterocycles. The molecule has 2 aliphatic heterocycles. The van der Waals surface area contributed by atoms with Crippen molar-refractivity contribution in [3.8, 4) is 10.6 Å². The third-order valence-corrected chi connectivity index (χ3v) is 9.01. The summed E-state index contributed by atoms with van der Waals surface area (Å²) in [5.41, 5.74) is 0.989. The molecule has 43 heavy (non-hydrogen) atoms. The van der Waals surface area contributed by atoms with Gasteiger partial charge in [0.05, 0.1) is 22.4 Å². The quantitative estimate of drug-likeness (QED) is 0.334. The smallest absolute Gasteiger partial charge is 0.435 e. The average Bonchev–Trinajstić information content (AvgIpc) is 3.74. The Morgan fingerprint density at radius 3 is 2.51 bits per heavy atom. The molecular formula is C29H37ClN6O6S. The van der Waals surface area contributed by atoms with Gasteiger partial charge < -0.3 is 29.1 Å². The third-order valence-electron chi connectivity index (χ3n) is 7.77. The fourth-order valence-corrected chi connectivity index (χ4v) is 6.36. The molecule has 2 aliphatic rings. The maximum Gasteiger partial charge on any atom is 0.508 e. The van der Waals surface area contributed by atoms with Crippen LogP contribution in [0.5, 0.6) is 0 Å². The number of likely N-dealkylation sites (tertiary alicyclic amines) is 2. The number of piperidine rings is 2. The van der Waals surface area contributed by atoms with Crippen LogP contribution in [-0.4, -0.2) is 93.7 Å². The van der Waals surface area contributed by atoms with Gasteiger partial charge in [-0.1, -0.05) is 16.8 Å². The predicted octanol–water partition coefficient (Wildman–Crippen LogP) is 4.68. The number of thiophene rings is 1. The molecule has 1 N–H and O–H groups in total. The van der Waals surface area contributed by atoms with E-state index in [2.05, 4.69) is 34.3 Å². The van der Waals surface area contributed by atoms with E-state index >= 15 is 0 Å². The summed E-state index contributed by atoms with van der Waals surface area (Å²) >= 11 is 7.45. The van der Waals surface area contributed by atoms with Gasteiger partial charge in [-0.3, -0.25) is 14.3 Å². The van der Waals surface area contributed by atoms with Gasteiger partial charge in [-0.2, -0.15) is 5.10 Å². The molecule has 5 heterocycles. The Morgan fingerprint density at radius 2 is 1.86 bits per heavy atom. The number of nitrogens with one attached hydrogen (secondary N) is 1. The van der Waals surface area contributed by atoms with Crippen LogP contribution in [0.3, 0.4) is 0 Å². The van der Waals surface area contributed by atoms with Crippen LogP contribution in [0.4, 0.5) is 4.79 Å². The molecular weight excluding hydrogens is 596 g/mol. The van der Waals surface area contributed by atoms with E-state index in [9.17, 15) is 14.4 Å². The summed E-state index contributed by atoms with van der Waals surface area (Å²) in [5, 5.41) is 11.8. The minimum atomic E-state index is -0.701. The molecule has 5 rings (SSSR count). The number of carbonyl (C=O) groups excluding carboxylic acids is 3. The molecule has 12 nitrogen and oxygen atoms in total. The topological polar surface area (TPSA) is 132 Å². The summed E-state index contributed by atoms with van der Waals surface area (Å²) in [6.07, 6.45) is 1.65. The summed E-state index contributed by atoms with van der Waals surface area (Å²) in [6.45, 7) is 9.04. The highest BCUT2D eigenvalue weighted by Crippen LogP contribution is 2.31. The lowest BCUT2D eigenvalue weighted by Gasteiger charge is -2.34. The number of rotatable bonds is 9. The van der Waals surface area contributed by atoms with Crippen LogP contribution in [0.15, 0.2) is 28.8 Å². The molecule has 232 valence electrons. The number of ether oxygens (including phenoxy) is 2. The minimum Gasteiger partial charge on any atom is -0.435 e. The van der Waals surface area contributed by atoms with E-state index in [1.54, 1.807) is 30.0 Å². The zero-order chi connectivity index (χ0) is 30.5. The van der Waals surface area contributed by atoms with Crippen molar-refractivity contribution in [2.45, 2.75) is 71.2 Å². The van der Waals surface area contributed by atoms with E-state index in [1.165, 1.54) is 16.0 Å². The summed E-state index contributed by atoms with van der Waals surface area (Å²) in [5.74, 6) is -0.0205. The Balaban J connectivity index is 1.31. The molecule has 2 fully saturated rings. The van der Waals surface area contributed by atoms with Gasteiger partial charge in [0.25, 0.3) is 11.8 Å². The first kappa shape index (κ1) is 31.0. The van der Waals surface area contributed by atoms with Gasteiger partial charge in [0.1, 0.15) is 17.5 Å². The van der Waals surface area contributed by atoms with Crippen molar-refractivity contribution < 1.29 is 28.4 Å². The van der Waals surface area contributed by atoms with Crippen LogP contribution in [0.25, 0.3) is 10.6 Å². The predicted molar refractivity (Wildman–Crippen MR) is 160 cm³/mol. The summed E-state index contributed by atoms with van der Waals surface area (Å²) < 4.78 is 17.9. The Bertz CT molecular complexity index is 1420. The van der Waals surface area contributed by atoms with Crippen molar-refractivity contribution in [3.05, 3.63) is 45.7 Å². The molecule has 0 aliphatic carbocycles. The number of carbonyl (C=O) groups is 3. The number of halogens is 1. The van der Waals surface area contributed by atoms with E-state index in [4.69, 9.17) is 25.6 Å². The van der Waals surface area contributed by atoms with E-state index < -0.39 is 6.16 Å². The van der Waals surface area contributed by atoms with Crippen molar-refractivity contribution in [1.29, 1.82) is 0 Å². The lowest BCUT2D eigenvalue weighted by Crippen LogP contribution is -2.46. The highest BCUT2D eigenvalue weighted by Gasteiger charge is 2.30. The summed E-state index contributed by atoms with van der Waals surface area (Å²) in [4.78, 5) is 43.7. The van der Waals surface area contributed by atoms with Gasteiger partial charge >= 0.3 is 6.16 Å². The van der Waals surface area contributed by atoms with Crippen LogP contribution < -0.4 is 5.32 Å². The SMILES string of the molecule is CCOC(=O)OC1CCN(C(=O)c2cc(C(=O)NC3CCN(C(C)C)CC3)nn2Cc2cc(-c3ccc(Cl)s3)on2)CC1. The largest absolute Gasteiger partial charge is 0.508 e. The van der Waals surface area contributed by atoms with E-state index in [0.717, 1.165) is 30.8 Å². The van der Waals surface area contributed by atoms with Gasteiger partial charge in [0.15, 0.2) is 11.5 Å². The fraction of sp³-hybridized carbons (Fsp3) is 0.552. The number of aromatic nitrogens is 3. The Morgan fingerprint density at radius 1 is 1.12 bits per heavy atom. The van der Waals surface area contributed by atoms with Crippen molar-refractivity contribution in [1.82, 2.24) is 30.1 Å². The fourth-order valence-electron chi connectivity index (χ4n) is 5.37. The summed E-state index contributed by atoms with van der Waals surface area (Å²) in [6, 6.07) is 7.47. The molecule has 0 bridgehead atoms. The number of hydrogen-bond donors (Lipinski definition) is 1. The molecule has 2 amide bonds. The van der Waals surface area contributed by atoms with Gasteiger partial charge in [0, 0.05) is 63.2 Å². The average molecular weight is 633 g/mol. The van der Waals surface area contributed by atoms with Crippen LogP contribution in [-0.2, 0) is 16.0 Å². The first-order valence-corrected chi connectivity index (χ1v) is 15.9. The second-order valence-electron chi connectivity index (χ2n) is 11.0. The molecule has 0 radical (unpaired) electrons. The maximum atomic E-state index is 13.7. The van der Waals surface area contributed by atoms with Crippen molar-refractivity contribution in [2.24, 2.45) is 0 Å². The third kappa shape index (κ3) is 7.76. The monoisotopic (exact) mass is 632 g/mol. The Kier molecular flexibility index (Phi) is 10.0. The number of hydrogen-bond acceptors (Lipinski definition) is 10. The lowest BCUT2D eigenvalue weighted by atomic mass is 10.0. The van der Waals surface area contributed by atoms with Crippen molar-refractivity contribution in [3.63, 3.8) is 0 Å². The van der Waals surface area contributed by atoms with Crippen molar-refractivity contribution in [2.75, 3.05) is 32.8 Å². The first-order chi connectivity index (χ1) is 20.7. The Labute approximate surface area is 259 Å². The zero-order valence-corrected chi connectivity index (χ0v) is 26.2. The van der Waals surface area contributed by atoms with Gasteiger partial charge in [-0.15, -0.1) is 11.3 Å². The van der Waals surface area contributed by atoms with E-state index in [1.807, 2.05) is 6.07 Å². The van der Waals surface area contributed by atoms with Crippen LogP contribution in [0.2, 0.25) is 4.34 Å². The van der Waals surface area contributed by atoms with Crippen LogP contribution >= 0.6 is 22.9 Å². The molecule has 3 aromatic heterocycles. The zero-order valence-electron chi connectivity index (χ0n) is 24.6. The molecule has 3 aromatic rings. The second kappa shape index (κ2) is 13.9. The molecule has 0 atom stereocenters. The van der Waals surface area contributed by atoms with Crippen LogP contribution in [0, 0.1) is 0 Å². The number of amides is 2. The molecule has 0 saturated carbocycles. The summed E-state index contributed by atoms with van der Waals surface area (Å²) in [7, 11) is 0. The minimum absolute atomic E-state index is 0.0425. The van der Waals surface area contributed by atoms with E-state index in [0.29, 0.717) is 47.8 Å². The molecule has 0 spiro atoms. The molecule has 0 aromatic carbocycles. The normalized spacial score (nSPS) is 16.9. The first-order valence-electron chi connectivity index (χ1n) is 14.7.